The van der Waals surface area contributed by atoms with Gasteiger partial charge in [-0.05, 0) is 24.1 Å². The van der Waals surface area contributed by atoms with Crippen LogP contribution in [0, 0.1) is 11.7 Å². The van der Waals surface area contributed by atoms with Crippen molar-refractivity contribution in [3.63, 3.8) is 0 Å². The molecule has 1 N–H and O–H groups in total. The molecule has 0 bridgehead atoms. The van der Waals surface area contributed by atoms with Crippen molar-refractivity contribution >= 4 is 11.5 Å². The van der Waals surface area contributed by atoms with Crippen molar-refractivity contribution in [2.75, 3.05) is 31.1 Å². The summed E-state index contributed by atoms with van der Waals surface area (Å²) in [5, 5.41) is 3.24. The van der Waals surface area contributed by atoms with Gasteiger partial charge >= 0.3 is 0 Å². The van der Waals surface area contributed by atoms with E-state index in [1.54, 1.807) is 12.1 Å². The van der Waals surface area contributed by atoms with E-state index in [2.05, 4.69) is 5.32 Å². The summed E-state index contributed by atoms with van der Waals surface area (Å²) < 4.78 is 14.1. The summed E-state index contributed by atoms with van der Waals surface area (Å²) in [6, 6.07) is 4.85. The Morgan fingerprint density at radius 3 is 2.63 bits per heavy atom. The molecule has 104 valence electrons. The van der Waals surface area contributed by atoms with Gasteiger partial charge in [-0.1, -0.05) is 13.8 Å². The number of carbonyl (C=O) groups excluding carboxylic acids is 1. The highest BCUT2D eigenvalue weighted by Crippen LogP contribution is 2.22. The third kappa shape index (κ3) is 3.53. The van der Waals surface area contributed by atoms with Crippen molar-refractivity contribution in [3.05, 3.63) is 29.6 Å². The minimum Gasteiger partial charge on any atom is -0.367 e. The molecular formula is C15H21FN2O. The van der Waals surface area contributed by atoms with E-state index in [9.17, 15) is 9.18 Å². The van der Waals surface area contributed by atoms with Crippen molar-refractivity contribution in [1.29, 1.82) is 0 Å². The smallest absolute Gasteiger partial charge is 0.163 e. The summed E-state index contributed by atoms with van der Waals surface area (Å²) in [4.78, 5) is 13.9. The van der Waals surface area contributed by atoms with Gasteiger partial charge in [0.1, 0.15) is 5.82 Å². The van der Waals surface area contributed by atoms with Crippen LogP contribution < -0.4 is 10.2 Å². The zero-order chi connectivity index (χ0) is 13.8. The molecule has 0 saturated carbocycles. The number of carbonyl (C=O) groups is 1. The number of ketones is 1. The van der Waals surface area contributed by atoms with Gasteiger partial charge in [0.15, 0.2) is 5.78 Å². The Labute approximate surface area is 113 Å². The molecule has 19 heavy (non-hydrogen) atoms. The Morgan fingerprint density at radius 1 is 1.37 bits per heavy atom. The number of hydrogen-bond acceptors (Lipinski definition) is 3. The van der Waals surface area contributed by atoms with Crippen molar-refractivity contribution in [2.45, 2.75) is 20.3 Å². The molecule has 1 aromatic rings. The van der Waals surface area contributed by atoms with Gasteiger partial charge in [-0.25, -0.2) is 4.39 Å². The van der Waals surface area contributed by atoms with Crippen LogP contribution in [0.4, 0.5) is 10.1 Å². The van der Waals surface area contributed by atoms with E-state index < -0.39 is 0 Å². The van der Waals surface area contributed by atoms with E-state index in [1.807, 2.05) is 18.7 Å². The van der Waals surface area contributed by atoms with Crippen LogP contribution in [0.2, 0.25) is 0 Å². The van der Waals surface area contributed by atoms with E-state index in [1.165, 1.54) is 6.07 Å². The second-order valence-electron chi connectivity index (χ2n) is 5.42. The normalized spacial score (nSPS) is 15.9. The molecule has 0 unspecified atom stereocenters. The van der Waals surface area contributed by atoms with Gasteiger partial charge in [0.2, 0.25) is 0 Å². The maximum Gasteiger partial charge on any atom is 0.163 e. The quantitative estimate of drug-likeness (QED) is 0.848. The van der Waals surface area contributed by atoms with Gasteiger partial charge < -0.3 is 10.2 Å². The van der Waals surface area contributed by atoms with Crippen LogP contribution in [0.1, 0.15) is 30.6 Å². The average Bonchev–Trinajstić information content (AvgIpc) is 2.38. The molecular weight excluding hydrogens is 243 g/mol. The number of benzene rings is 1. The van der Waals surface area contributed by atoms with Gasteiger partial charge in [0.05, 0.1) is 5.69 Å². The van der Waals surface area contributed by atoms with Gasteiger partial charge in [-0.3, -0.25) is 4.79 Å². The van der Waals surface area contributed by atoms with Crippen molar-refractivity contribution in [2.24, 2.45) is 5.92 Å². The van der Waals surface area contributed by atoms with Gasteiger partial charge in [0.25, 0.3) is 0 Å². The largest absolute Gasteiger partial charge is 0.367 e. The number of rotatable bonds is 4. The SMILES string of the molecule is CC(C)CC(=O)c1ccc(N2CCNCC2)c(F)c1. The monoisotopic (exact) mass is 264 g/mol. The molecule has 1 saturated heterocycles. The number of halogens is 1. The zero-order valence-electron chi connectivity index (χ0n) is 11.6. The van der Waals surface area contributed by atoms with Gasteiger partial charge in [-0.2, -0.15) is 0 Å². The van der Waals surface area contributed by atoms with Gasteiger partial charge in [-0.15, -0.1) is 0 Å². The first kappa shape index (κ1) is 14.0. The molecule has 1 heterocycles. The third-order valence-electron chi connectivity index (χ3n) is 3.32. The van der Waals surface area contributed by atoms with E-state index in [0.717, 1.165) is 26.2 Å². The van der Waals surface area contributed by atoms with Crippen molar-refractivity contribution in [1.82, 2.24) is 5.32 Å². The molecule has 0 spiro atoms. The number of nitrogens with one attached hydrogen (secondary N) is 1. The Kier molecular flexibility index (Phi) is 4.53. The summed E-state index contributed by atoms with van der Waals surface area (Å²) in [5.74, 6) is 0.0145. The lowest BCUT2D eigenvalue weighted by Gasteiger charge is -2.29. The molecule has 1 aromatic carbocycles. The minimum atomic E-state index is -0.295. The predicted molar refractivity (Wildman–Crippen MR) is 75.3 cm³/mol. The molecule has 4 heteroatoms. The van der Waals surface area contributed by atoms with E-state index >= 15 is 0 Å². The molecule has 0 amide bonds. The highest BCUT2D eigenvalue weighted by molar-refractivity contribution is 5.96. The fraction of sp³-hybridized carbons (Fsp3) is 0.533. The highest BCUT2D eigenvalue weighted by Gasteiger charge is 2.16. The lowest BCUT2D eigenvalue weighted by atomic mass is 10.0. The van der Waals surface area contributed by atoms with Gasteiger partial charge in [0, 0.05) is 38.2 Å². The number of piperazine rings is 1. The van der Waals surface area contributed by atoms with Crippen LogP contribution in [-0.2, 0) is 0 Å². The molecule has 1 aliphatic heterocycles. The first-order valence-corrected chi connectivity index (χ1v) is 6.86. The summed E-state index contributed by atoms with van der Waals surface area (Å²) in [5.41, 5.74) is 1.08. The summed E-state index contributed by atoms with van der Waals surface area (Å²) in [7, 11) is 0. The maximum atomic E-state index is 14.1. The Morgan fingerprint density at radius 2 is 2.05 bits per heavy atom. The van der Waals surface area contributed by atoms with E-state index in [0.29, 0.717) is 23.6 Å². The molecule has 0 atom stereocenters. The fourth-order valence-electron chi connectivity index (χ4n) is 2.33. The topological polar surface area (TPSA) is 32.3 Å². The molecule has 0 radical (unpaired) electrons. The Hall–Kier alpha value is -1.42. The Bertz CT molecular complexity index is 453. The molecule has 0 aromatic heterocycles. The van der Waals surface area contributed by atoms with E-state index in [-0.39, 0.29) is 11.6 Å². The summed E-state index contributed by atoms with van der Waals surface area (Å²) in [6.45, 7) is 7.32. The van der Waals surface area contributed by atoms with Crippen LogP contribution in [0.25, 0.3) is 0 Å². The van der Waals surface area contributed by atoms with Crippen molar-refractivity contribution in [3.8, 4) is 0 Å². The predicted octanol–water partition coefficient (Wildman–Crippen LogP) is 2.46. The standard InChI is InChI=1S/C15H21FN2O/c1-11(2)9-15(19)12-3-4-14(13(16)10-12)18-7-5-17-6-8-18/h3-4,10-11,17H,5-9H2,1-2H3. The van der Waals surface area contributed by atoms with Crippen LogP contribution in [0.3, 0.4) is 0 Å². The summed E-state index contributed by atoms with van der Waals surface area (Å²) >= 11 is 0. The van der Waals surface area contributed by atoms with Crippen LogP contribution in [-0.4, -0.2) is 32.0 Å². The van der Waals surface area contributed by atoms with Crippen LogP contribution in [0.15, 0.2) is 18.2 Å². The van der Waals surface area contributed by atoms with Crippen molar-refractivity contribution < 1.29 is 9.18 Å². The molecule has 1 fully saturated rings. The summed E-state index contributed by atoms with van der Waals surface area (Å²) in [6.07, 6.45) is 0.465. The fourth-order valence-corrected chi connectivity index (χ4v) is 2.33. The first-order valence-electron chi connectivity index (χ1n) is 6.86. The second-order valence-corrected chi connectivity index (χ2v) is 5.42. The first-order chi connectivity index (χ1) is 9.08. The lowest BCUT2D eigenvalue weighted by Crippen LogP contribution is -2.43. The zero-order valence-corrected chi connectivity index (χ0v) is 11.6. The highest BCUT2D eigenvalue weighted by atomic mass is 19.1. The molecule has 1 aliphatic rings. The van der Waals surface area contributed by atoms with E-state index in [4.69, 9.17) is 0 Å². The molecule has 3 nitrogen and oxygen atoms in total. The minimum absolute atomic E-state index is 0.0146. The molecule has 0 aliphatic carbocycles. The number of Topliss-reactive ketones (excluding diaryl/α,β-unsaturated/α-hetero) is 1. The average molecular weight is 264 g/mol. The van der Waals surface area contributed by atoms with Crippen LogP contribution >= 0.6 is 0 Å². The number of hydrogen-bond donors (Lipinski definition) is 1. The third-order valence-corrected chi connectivity index (χ3v) is 3.32. The second kappa shape index (κ2) is 6.15. The number of anilines is 1. The molecule has 2 rings (SSSR count). The lowest BCUT2D eigenvalue weighted by molar-refractivity contribution is 0.0967. The number of nitrogens with zero attached hydrogens (tertiary/aromatic N) is 1. The Balaban J connectivity index is 2.14. The van der Waals surface area contributed by atoms with Crippen LogP contribution in [0.5, 0.6) is 0 Å². The maximum absolute atomic E-state index is 14.1.